The molecule has 5 heteroatoms. The molecule has 0 spiro atoms. The number of hydrogen-bond acceptors (Lipinski definition) is 2. The van der Waals surface area contributed by atoms with Crippen molar-refractivity contribution in [3.63, 3.8) is 0 Å². The summed E-state index contributed by atoms with van der Waals surface area (Å²) in [6.45, 7) is 3.12. The average Bonchev–Trinajstić information content (AvgIpc) is 2.20. The van der Waals surface area contributed by atoms with E-state index in [0.29, 0.717) is 4.47 Å². The molecule has 0 saturated carbocycles. The van der Waals surface area contributed by atoms with Gasteiger partial charge in [0.05, 0.1) is 12.2 Å². The molecule has 0 heterocycles. The molecule has 0 aromatic heterocycles. The van der Waals surface area contributed by atoms with Crippen LogP contribution >= 0.6 is 15.9 Å². The summed E-state index contributed by atoms with van der Waals surface area (Å²) in [5.74, 6) is -3.07. The number of rotatable bonds is 2. The first kappa shape index (κ1) is 12.1. The molecule has 0 aliphatic rings. The van der Waals surface area contributed by atoms with E-state index in [9.17, 15) is 13.6 Å². The van der Waals surface area contributed by atoms with E-state index in [4.69, 9.17) is 0 Å². The number of hydrogen-bond donors (Lipinski definition) is 0. The monoisotopic (exact) mass is 278 g/mol. The van der Waals surface area contributed by atoms with E-state index in [1.165, 1.54) is 13.0 Å². The molecule has 0 aliphatic carbocycles. The van der Waals surface area contributed by atoms with Crippen molar-refractivity contribution < 1.29 is 18.3 Å². The van der Waals surface area contributed by atoms with Crippen LogP contribution in [-0.4, -0.2) is 12.6 Å². The van der Waals surface area contributed by atoms with Crippen molar-refractivity contribution in [2.24, 2.45) is 0 Å². The maximum atomic E-state index is 13.3. The van der Waals surface area contributed by atoms with Crippen molar-refractivity contribution in [1.82, 2.24) is 0 Å². The largest absolute Gasteiger partial charge is 0.462 e. The van der Waals surface area contributed by atoms with Gasteiger partial charge in [-0.25, -0.2) is 13.6 Å². The number of carbonyl (C=O) groups excluding carboxylic acids is 1. The van der Waals surface area contributed by atoms with Crippen LogP contribution in [0, 0.1) is 18.6 Å². The van der Waals surface area contributed by atoms with Gasteiger partial charge in [0.2, 0.25) is 0 Å². The lowest BCUT2D eigenvalue weighted by molar-refractivity contribution is 0.0519. The van der Waals surface area contributed by atoms with Crippen LogP contribution in [0.5, 0.6) is 0 Å². The summed E-state index contributed by atoms with van der Waals surface area (Å²) in [5.41, 5.74) is -0.271. The fourth-order valence-corrected chi connectivity index (χ4v) is 1.45. The van der Waals surface area contributed by atoms with Crippen molar-refractivity contribution in [2.45, 2.75) is 13.8 Å². The fourth-order valence-electron chi connectivity index (χ4n) is 1.04. The lowest BCUT2D eigenvalue weighted by atomic mass is 10.1. The summed E-state index contributed by atoms with van der Waals surface area (Å²) in [5, 5.41) is 0. The van der Waals surface area contributed by atoms with Gasteiger partial charge in [0.15, 0.2) is 11.6 Å². The standard InChI is InChI=1S/C10H9BrF2O2/c1-3-15-10(14)6-4-7(11)5(2)8(12)9(6)13/h4H,3H2,1-2H3. The highest BCUT2D eigenvalue weighted by Gasteiger charge is 2.20. The van der Waals surface area contributed by atoms with Gasteiger partial charge in [-0.05, 0) is 19.9 Å². The van der Waals surface area contributed by atoms with Crippen molar-refractivity contribution in [3.8, 4) is 0 Å². The van der Waals surface area contributed by atoms with Crippen LogP contribution < -0.4 is 0 Å². The number of benzene rings is 1. The summed E-state index contributed by atoms with van der Waals surface area (Å²) < 4.78 is 31.5. The zero-order valence-electron chi connectivity index (χ0n) is 8.23. The van der Waals surface area contributed by atoms with Gasteiger partial charge < -0.3 is 4.74 Å². The Labute approximate surface area is 94.4 Å². The highest BCUT2D eigenvalue weighted by molar-refractivity contribution is 9.10. The van der Waals surface area contributed by atoms with Gasteiger partial charge >= 0.3 is 5.97 Å². The molecule has 1 aromatic carbocycles. The molecule has 82 valence electrons. The predicted octanol–water partition coefficient (Wildman–Crippen LogP) is 3.21. The third-order valence-electron chi connectivity index (χ3n) is 1.88. The van der Waals surface area contributed by atoms with E-state index in [1.807, 2.05) is 0 Å². The number of carbonyl (C=O) groups is 1. The second kappa shape index (κ2) is 4.70. The SMILES string of the molecule is CCOC(=O)c1cc(Br)c(C)c(F)c1F. The van der Waals surface area contributed by atoms with E-state index in [2.05, 4.69) is 20.7 Å². The molecule has 0 fully saturated rings. The van der Waals surface area contributed by atoms with Gasteiger partial charge in [-0.1, -0.05) is 15.9 Å². The summed E-state index contributed by atoms with van der Waals surface area (Å²) in [6.07, 6.45) is 0. The molecule has 1 rings (SSSR count). The molecule has 0 atom stereocenters. The molecule has 0 aliphatic heterocycles. The van der Waals surface area contributed by atoms with E-state index in [-0.39, 0.29) is 12.2 Å². The third kappa shape index (κ3) is 2.34. The van der Waals surface area contributed by atoms with Crippen molar-refractivity contribution in [3.05, 3.63) is 33.3 Å². The Kier molecular flexibility index (Phi) is 3.79. The van der Waals surface area contributed by atoms with E-state index < -0.39 is 23.2 Å². The second-order valence-corrected chi connectivity index (χ2v) is 3.73. The highest BCUT2D eigenvalue weighted by atomic mass is 79.9. The highest BCUT2D eigenvalue weighted by Crippen LogP contribution is 2.25. The van der Waals surface area contributed by atoms with Crippen LogP contribution in [0.1, 0.15) is 22.8 Å². The summed E-state index contributed by atoms with van der Waals surface area (Å²) in [7, 11) is 0. The van der Waals surface area contributed by atoms with Crippen molar-refractivity contribution in [1.29, 1.82) is 0 Å². The zero-order chi connectivity index (χ0) is 11.6. The van der Waals surface area contributed by atoms with Crippen LogP contribution in [0.4, 0.5) is 8.78 Å². The Morgan fingerprint density at radius 3 is 2.60 bits per heavy atom. The number of esters is 1. The van der Waals surface area contributed by atoms with Gasteiger partial charge in [0.25, 0.3) is 0 Å². The van der Waals surface area contributed by atoms with Crippen LogP contribution in [0.25, 0.3) is 0 Å². The summed E-state index contributed by atoms with van der Waals surface area (Å²) >= 11 is 3.04. The molecule has 15 heavy (non-hydrogen) atoms. The topological polar surface area (TPSA) is 26.3 Å². The van der Waals surface area contributed by atoms with Crippen LogP contribution in [0.3, 0.4) is 0 Å². The van der Waals surface area contributed by atoms with E-state index >= 15 is 0 Å². The quantitative estimate of drug-likeness (QED) is 0.613. The maximum Gasteiger partial charge on any atom is 0.341 e. The van der Waals surface area contributed by atoms with Crippen LogP contribution in [-0.2, 0) is 4.74 Å². The fraction of sp³-hybridized carbons (Fsp3) is 0.300. The zero-order valence-corrected chi connectivity index (χ0v) is 9.82. The number of halogens is 3. The first-order valence-corrected chi connectivity index (χ1v) is 5.09. The maximum absolute atomic E-state index is 13.3. The minimum absolute atomic E-state index is 0.116. The first-order valence-electron chi connectivity index (χ1n) is 4.30. The van der Waals surface area contributed by atoms with Crippen LogP contribution in [0.15, 0.2) is 10.5 Å². The second-order valence-electron chi connectivity index (χ2n) is 2.88. The minimum Gasteiger partial charge on any atom is -0.462 e. The third-order valence-corrected chi connectivity index (χ3v) is 2.71. The summed E-state index contributed by atoms with van der Waals surface area (Å²) in [6, 6.07) is 1.21. The molecule has 0 unspecified atom stereocenters. The lowest BCUT2D eigenvalue weighted by Crippen LogP contribution is -2.09. The van der Waals surface area contributed by atoms with Gasteiger partial charge in [0, 0.05) is 10.0 Å². The van der Waals surface area contributed by atoms with Crippen LogP contribution in [0.2, 0.25) is 0 Å². The molecule has 0 saturated heterocycles. The Hall–Kier alpha value is -0.970. The van der Waals surface area contributed by atoms with Gasteiger partial charge in [-0.15, -0.1) is 0 Å². The Morgan fingerprint density at radius 1 is 1.47 bits per heavy atom. The normalized spacial score (nSPS) is 10.2. The molecule has 0 radical (unpaired) electrons. The van der Waals surface area contributed by atoms with Crippen molar-refractivity contribution >= 4 is 21.9 Å². The van der Waals surface area contributed by atoms with Gasteiger partial charge in [-0.3, -0.25) is 0 Å². The molecule has 0 amide bonds. The molecule has 0 bridgehead atoms. The Morgan fingerprint density at radius 2 is 2.07 bits per heavy atom. The first-order chi connectivity index (χ1) is 6.99. The summed E-state index contributed by atoms with van der Waals surface area (Å²) in [4.78, 5) is 11.2. The molecular weight excluding hydrogens is 270 g/mol. The van der Waals surface area contributed by atoms with Crippen molar-refractivity contribution in [2.75, 3.05) is 6.61 Å². The average molecular weight is 279 g/mol. The van der Waals surface area contributed by atoms with Gasteiger partial charge in [0.1, 0.15) is 0 Å². The Balaban J connectivity index is 3.26. The smallest absolute Gasteiger partial charge is 0.341 e. The molecule has 2 nitrogen and oxygen atoms in total. The lowest BCUT2D eigenvalue weighted by Gasteiger charge is -2.07. The van der Waals surface area contributed by atoms with E-state index in [0.717, 1.165) is 0 Å². The predicted molar refractivity (Wildman–Crippen MR) is 54.8 cm³/mol. The number of ether oxygens (including phenoxy) is 1. The Bertz CT molecular complexity index is 405. The molecular formula is C10H9BrF2O2. The van der Waals surface area contributed by atoms with E-state index in [1.54, 1.807) is 6.92 Å². The minimum atomic E-state index is -1.17. The van der Waals surface area contributed by atoms with Gasteiger partial charge in [-0.2, -0.15) is 0 Å². The molecule has 1 aromatic rings. The molecule has 0 N–H and O–H groups in total.